The van der Waals surface area contributed by atoms with Gasteiger partial charge in [-0.15, -0.1) is 0 Å². The molecule has 0 fully saturated rings. The molecule has 0 unspecified atom stereocenters. The molecule has 18 heavy (non-hydrogen) atoms. The van der Waals surface area contributed by atoms with Crippen LogP contribution in [-0.2, 0) is 0 Å². The van der Waals surface area contributed by atoms with Gasteiger partial charge in [-0.3, -0.25) is 0 Å². The third kappa shape index (κ3) is 1.40. The van der Waals surface area contributed by atoms with Crippen molar-refractivity contribution in [3.63, 3.8) is 0 Å². The molecular weight excluding hydrogens is 218 g/mol. The van der Waals surface area contributed by atoms with Crippen molar-refractivity contribution < 1.29 is 0 Å². The normalized spacial score (nSPS) is 21.1. The Hall–Kier alpha value is -1.76. The van der Waals surface area contributed by atoms with Crippen LogP contribution in [0.25, 0.3) is 5.57 Å². The average molecular weight is 235 g/mol. The minimum atomic E-state index is 1.01. The molecule has 0 atom stereocenters. The predicted octanol–water partition coefficient (Wildman–Crippen LogP) is 4.31. The van der Waals surface area contributed by atoms with Crippen LogP contribution in [0.3, 0.4) is 0 Å². The fraction of sp³-hybridized carbons (Fsp3) is 0.294. The second-order valence-electron chi connectivity index (χ2n) is 5.31. The van der Waals surface area contributed by atoms with Gasteiger partial charge in [-0.1, -0.05) is 30.4 Å². The Labute approximate surface area is 108 Å². The molecule has 1 heterocycles. The quantitative estimate of drug-likeness (QED) is 0.706. The summed E-state index contributed by atoms with van der Waals surface area (Å²) in [6.07, 6.45) is 9.59. The van der Waals surface area contributed by atoms with Crippen molar-refractivity contribution in [2.45, 2.75) is 25.7 Å². The molecule has 1 aliphatic heterocycles. The summed E-state index contributed by atoms with van der Waals surface area (Å²) in [6.45, 7) is 1.01. The van der Waals surface area contributed by atoms with Crippen molar-refractivity contribution >= 4 is 11.3 Å². The van der Waals surface area contributed by atoms with E-state index in [1.807, 2.05) is 0 Å². The Morgan fingerprint density at radius 2 is 1.83 bits per heavy atom. The van der Waals surface area contributed by atoms with Crippen LogP contribution in [0.2, 0.25) is 0 Å². The Morgan fingerprint density at radius 3 is 2.72 bits per heavy atom. The molecule has 90 valence electrons. The van der Waals surface area contributed by atoms with Gasteiger partial charge in [-0.05, 0) is 54.0 Å². The zero-order valence-corrected chi connectivity index (χ0v) is 10.5. The maximum absolute atomic E-state index is 3.62. The summed E-state index contributed by atoms with van der Waals surface area (Å²) in [5.74, 6) is 0. The van der Waals surface area contributed by atoms with Gasteiger partial charge < -0.3 is 5.32 Å². The molecule has 0 amide bonds. The van der Waals surface area contributed by atoms with Crippen molar-refractivity contribution in [2.75, 3.05) is 11.9 Å². The van der Waals surface area contributed by atoms with Crippen LogP contribution in [0.5, 0.6) is 0 Å². The molecule has 1 N–H and O–H groups in total. The topological polar surface area (TPSA) is 12.0 Å². The number of hydrogen-bond acceptors (Lipinski definition) is 1. The Morgan fingerprint density at radius 1 is 0.944 bits per heavy atom. The highest BCUT2D eigenvalue weighted by Gasteiger charge is 2.26. The molecule has 0 bridgehead atoms. The van der Waals surface area contributed by atoms with Gasteiger partial charge in [0.1, 0.15) is 0 Å². The van der Waals surface area contributed by atoms with Crippen molar-refractivity contribution in [1.29, 1.82) is 0 Å². The third-order valence-corrected chi connectivity index (χ3v) is 4.34. The van der Waals surface area contributed by atoms with Gasteiger partial charge >= 0.3 is 0 Å². The van der Waals surface area contributed by atoms with E-state index in [0.717, 1.165) is 6.54 Å². The molecule has 1 aromatic rings. The molecule has 2 aliphatic carbocycles. The minimum Gasteiger partial charge on any atom is -0.381 e. The summed E-state index contributed by atoms with van der Waals surface area (Å²) in [5, 5.41) is 3.62. The zero-order chi connectivity index (χ0) is 11.9. The molecule has 0 aromatic heterocycles. The number of allylic oxidation sites excluding steroid dienone is 5. The lowest BCUT2D eigenvalue weighted by Gasteiger charge is -2.32. The van der Waals surface area contributed by atoms with Crippen molar-refractivity contribution in [2.24, 2.45) is 0 Å². The fourth-order valence-corrected chi connectivity index (χ4v) is 3.28. The number of fused-ring (bicyclic) bond motifs is 3. The molecule has 0 saturated heterocycles. The largest absolute Gasteiger partial charge is 0.381 e. The van der Waals surface area contributed by atoms with Crippen LogP contribution in [0.15, 0.2) is 53.1 Å². The van der Waals surface area contributed by atoms with E-state index in [9.17, 15) is 0 Å². The second kappa shape index (κ2) is 3.88. The monoisotopic (exact) mass is 235 g/mol. The Balaban J connectivity index is 1.93. The standard InChI is InChI=1S/C17H17N/c1-2-6-13-12(5-1)11-18-17-8-4-3-7-16(17)15-10-9-14(13)15/h2-4,6-8,18H,1,5,9-11H2. The lowest BCUT2D eigenvalue weighted by Crippen LogP contribution is -2.17. The van der Waals surface area contributed by atoms with Gasteiger partial charge in [-0.2, -0.15) is 0 Å². The van der Waals surface area contributed by atoms with Gasteiger partial charge in [-0.25, -0.2) is 0 Å². The third-order valence-electron chi connectivity index (χ3n) is 4.34. The first-order valence-electron chi connectivity index (χ1n) is 6.88. The van der Waals surface area contributed by atoms with Gasteiger partial charge in [0, 0.05) is 17.8 Å². The smallest absolute Gasteiger partial charge is 0.0419 e. The average Bonchev–Trinajstić information content (AvgIpc) is 2.37. The molecule has 0 spiro atoms. The summed E-state index contributed by atoms with van der Waals surface area (Å²) in [5.41, 5.74) is 9.03. The highest BCUT2D eigenvalue weighted by Crippen LogP contribution is 2.46. The molecule has 4 rings (SSSR count). The van der Waals surface area contributed by atoms with E-state index in [-0.39, 0.29) is 0 Å². The van der Waals surface area contributed by atoms with E-state index in [1.165, 1.54) is 42.5 Å². The molecule has 1 nitrogen and oxygen atoms in total. The number of rotatable bonds is 0. The highest BCUT2D eigenvalue weighted by atomic mass is 14.9. The van der Waals surface area contributed by atoms with Crippen LogP contribution in [0.1, 0.15) is 31.2 Å². The lowest BCUT2D eigenvalue weighted by atomic mass is 9.75. The Kier molecular flexibility index (Phi) is 2.19. The summed E-state index contributed by atoms with van der Waals surface area (Å²) in [4.78, 5) is 0. The van der Waals surface area contributed by atoms with Crippen LogP contribution < -0.4 is 5.32 Å². The molecule has 0 saturated carbocycles. The number of anilines is 1. The summed E-state index contributed by atoms with van der Waals surface area (Å²) < 4.78 is 0. The predicted molar refractivity (Wildman–Crippen MR) is 76.5 cm³/mol. The maximum Gasteiger partial charge on any atom is 0.0419 e. The van der Waals surface area contributed by atoms with Gasteiger partial charge in [0.2, 0.25) is 0 Å². The fourth-order valence-electron chi connectivity index (χ4n) is 3.28. The van der Waals surface area contributed by atoms with Crippen molar-refractivity contribution in [3.05, 3.63) is 58.7 Å². The molecule has 0 radical (unpaired) electrons. The van der Waals surface area contributed by atoms with Crippen LogP contribution in [0.4, 0.5) is 5.69 Å². The van der Waals surface area contributed by atoms with E-state index in [0.29, 0.717) is 0 Å². The van der Waals surface area contributed by atoms with Gasteiger partial charge in [0.05, 0.1) is 0 Å². The highest BCUT2D eigenvalue weighted by molar-refractivity contribution is 5.86. The van der Waals surface area contributed by atoms with Crippen molar-refractivity contribution in [3.8, 4) is 0 Å². The minimum absolute atomic E-state index is 1.01. The first-order chi connectivity index (χ1) is 8.93. The first-order valence-corrected chi connectivity index (χ1v) is 6.88. The summed E-state index contributed by atoms with van der Waals surface area (Å²) in [7, 11) is 0. The number of benzene rings is 1. The van der Waals surface area contributed by atoms with E-state index in [4.69, 9.17) is 0 Å². The maximum atomic E-state index is 3.62. The van der Waals surface area contributed by atoms with E-state index in [2.05, 4.69) is 41.7 Å². The van der Waals surface area contributed by atoms with E-state index >= 15 is 0 Å². The summed E-state index contributed by atoms with van der Waals surface area (Å²) in [6, 6.07) is 8.75. The van der Waals surface area contributed by atoms with Crippen LogP contribution >= 0.6 is 0 Å². The van der Waals surface area contributed by atoms with E-state index in [1.54, 1.807) is 16.7 Å². The molecular formula is C17H17N. The van der Waals surface area contributed by atoms with Crippen LogP contribution in [0, 0.1) is 0 Å². The number of nitrogens with one attached hydrogen (secondary N) is 1. The van der Waals surface area contributed by atoms with Crippen LogP contribution in [-0.4, -0.2) is 6.54 Å². The molecule has 1 aromatic carbocycles. The van der Waals surface area contributed by atoms with Gasteiger partial charge in [0.25, 0.3) is 0 Å². The molecule has 3 aliphatic rings. The second-order valence-corrected chi connectivity index (χ2v) is 5.31. The van der Waals surface area contributed by atoms with Gasteiger partial charge in [0.15, 0.2) is 0 Å². The number of para-hydroxylation sites is 1. The zero-order valence-electron chi connectivity index (χ0n) is 10.5. The molecule has 1 heteroatoms. The first kappa shape index (κ1) is 10.2. The Bertz CT molecular complexity index is 602. The lowest BCUT2D eigenvalue weighted by molar-refractivity contribution is 0.860. The SMILES string of the molecule is C1=CC2=C(CC1)CNc1ccccc1C1=C2CC1. The van der Waals surface area contributed by atoms with Crippen molar-refractivity contribution in [1.82, 2.24) is 0 Å². The van der Waals surface area contributed by atoms with E-state index < -0.39 is 0 Å². The summed E-state index contributed by atoms with van der Waals surface area (Å²) >= 11 is 0. The number of hydrogen-bond donors (Lipinski definition) is 1.